The molecule has 0 radical (unpaired) electrons. The Kier molecular flexibility index (Phi) is 7.96. The van der Waals surface area contributed by atoms with Gasteiger partial charge in [0.1, 0.15) is 11.6 Å². The van der Waals surface area contributed by atoms with Crippen LogP contribution < -0.4 is 9.64 Å². The Bertz CT molecular complexity index is 1060. The van der Waals surface area contributed by atoms with Crippen molar-refractivity contribution in [2.45, 2.75) is 17.7 Å². The van der Waals surface area contributed by atoms with Crippen molar-refractivity contribution >= 4 is 44.4 Å². The van der Waals surface area contributed by atoms with Gasteiger partial charge in [0.05, 0.1) is 10.2 Å². The average molecular weight is 488 g/mol. The highest BCUT2D eigenvalue weighted by atomic mass is 32.2. The zero-order chi connectivity index (χ0) is 23.3. The van der Waals surface area contributed by atoms with Gasteiger partial charge in [-0.3, -0.25) is 9.69 Å². The first-order valence-corrected chi connectivity index (χ1v) is 11.4. The number of ether oxygens (including phenoxy) is 1. The lowest BCUT2D eigenvalue weighted by molar-refractivity contribution is -0.274. The normalized spacial score (nSPS) is 11.8. The number of halogens is 4. The van der Waals surface area contributed by atoms with Crippen LogP contribution >= 0.6 is 23.1 Å². The maximum absolute atomic E-state index is 13.0. The van der Waals surface area contributed by atoms with E-state index >= 15 is 0 Å². The highest BCUT2D eigenvalue weighted by Crippen LogP contribution is 2.33. The summed E-state index contributed by atoms with van der Waals surface area (Å²) in [6.45, 7) is 0.980. The first-order valence-electron chi connectivity index (χ1n) is 9.60. The van der Waals surface area contributed by atoms with E-state index in [2.05, 4.69) is 9.72 Å². The number of anilines is 1. The average Bonchev–Trinajstić information content (AvgIpc) is 3.11. The van der Waals surface area contributed by atoms with Crippen molar-refractivity contribution < 1.29 is 27.1 Å². The number of carbonyl (C=O) groups is 1. The summed E-state index contributed by atoms with van der Waals surface area (Å²) in [6.07, 6.45) is -4.55. The van der Waals surface area contributed by atoms with E-state index in [-0.39, 0.29) is 23.9 Å². The van der Waals surface area contributed by atoms with E-state index in [9.17, 15) is 22.4 Å². The number of hydrogen-bond donors (Lipinski definition) is 0. The monoisotopic (exact) mass is 487 g/mol. The number of likely N-dealkylation sites (N-methyl/N-ethyl adjacent to an activating group) is 1. The molecule has 0 N–H and O–H groups in total. The Labute approximate surface area is 191 Å². The number of hydrogen-bond acceptors (Lipinski definition) is 6. The first-order chi connectivity index (χ1) is 15.1. The van der Waals surface area contributed by atoms with Crippen molar-refractivity contribution in [2.24, 2.45) is 0 Å². The van der Waals surface area contributed by atoms with E-state index in [4.69, 9.17) is 0 Å². The number of fused-ring (bicyclic) bond motifs is 1. The molecule has 3 aromatic rings. The number of thioether (sulfide) groups is 1. The molecule has 32 heavy (non-hydrogen) atoms. The maximum Gasteiger partial charge on any atom is 0.573 e. The van der Waals surface area contributed by atoms with Crippen molar-refractivity contribution in [3.05, 3.63) is 48.3 Å². The minimum atomic E-state index is -4.78. The van der Waals surface area contributed by atoms with Crippen molar-refractivity contribution in [1.82, 2.24) is 9.88 Å². The summed E-state index contributed by atoms with van der Waals surface area (Å²) >= 11 is 2.58. The summed E-state index contributed by atoms with van der Waals surface area (Å²) in [5.41, 5.74) is 0.489. The number of nitrogens with zero attached hydrogens (tertiary/aromatic N) is 3. The third-order valence-electron chi connectivity index (χ3n) is 4.28. The molecule has 11 heteroatoms. The predicted octanol–water partition coefficient (Wildman–Crippen LogP) is 5.41. The van der Waals surface area contributed by atoms with Crippen LogP contribution in [0.2, 0.25) is 0 Å². The van der Waals surface area contributed by atoms with Gasteiger partial charge in [0.25, 0.3) is 0 Å². The third kappa shape index (κ3) is 7.07. The fourth-order valence-corrected chi connectivity index (χ4v) is 4.63. The van der Waals surface area contributed by atoms with E-state index in [1.165, 1.54) is 42.1 Å². The molecule has 1 heterocycles. The fraction of sp³-hybridized carbons (Fsp3) is 0.333. The van der Waals surface area contributed by atoms with Crippen LogP contribution in [0.3, 0.4) is 0 Å². The van der Waals surface area contributed by atoms with Gasteiger partial charge < -0.3 is 9.64 Å². The van der Waals surface area contributed by atoms with E-state index < -0.39 is 6.36 Å². The number of amides is 1. The molecule has 0 spiro atoms. The molecule has 0 unspecified atom stereocenters. The van der Waals surface area contributed by atoms with E-state index in [0.717, 1.165) is 16.2 Å². The van der Waals surface area contributed by atoms with Gasteiger partial charge >= 0.3 is 6.36 Å². The fourth-order valence-electron chi connectivity index (χ4n) is 2.75. The first kappa shape index (κ1) is 24.3. The van der Waals surface area contributed by atoms with Gasteiger partial charge in [0, 0.05) is 36.2 Å². The Morgan fingerprint density at radius 2 is 1.84 bits per heavy atom. The van der Waals surface area contributed by atoms with E-state index in [0.29, 0.717) is 34.2 Å². The number of carbonyl (C=O) groups excluding carboxylic acids is 1. The molecule has 0 saturated carbocycles. The topological polar surface area (TPSA) is 45.7 Å². The lowest BCUT2D eigenvalue weighted by Gasteiger charge is -2.22. The van der Waals surface area contributed by atoms with E-state index in [1.54, 1.807) is 17.0 Å². The van der Waals surface area contributed by atoms with E-state index in [1.807, 2.05) is 19.0 Å². The third-order valence-corrected chi connectivity index (χ3v) is 6.34. The largest absolute Gasteiger partial charge is 0.573 e. The molecule has 172 valence electrons. The molecule has 1 aromatic heterocycles. The van der Waals surface area contributed by atoms with Crippen molar-refractivity contribution in [2.75, 3.05) is 37.8 Å². The Hall–Kier alpha value is -2.37. The van der Waals surface area contributed by atoms with Gasteiger partial charge in [0.2, 0.25) is 5.91 Å². The minimum Gasteiger partial charge on any atom is -0.406 e. The molecule has 0 bridgehead atoms. The van der Waals surface area contributed by atoms with Crippen molar-refractivity contribution in [3.8, 4) is 5.75 Å². The SMILES string of the molecule is CN(C)CCN(C(=O)CCSc1ccc(F)cc1)c1nc2ccc(OC(F)(F)F)cc2s1. The second kappa shape index (κ2) is 10.5. The number of benzene rings is 2. The van der Waals surface area contributed by atoms with Gasteiger partial charge in [-0.05, 0) is 50.5 Å². The molecule has 0 aliphatic rings. The molecule has 5 nitrogen and oxygen atoms in total. The van der Waals surface area contributed by atoms with Crippen molar-refractivity contribution in [1.29, 1.82) is 0 Å². The van der Waals surface area contributed by atoms with Crippen LogP contribution in [-0.2, 0) is 4.79 Å². The summed E-state index contributed by atoms with van der Waals surface area (Å²) < 4.78 is 55.0. The second-order valence-electron chi connectivity index (χ2n) is 7.07. The Balaban J connectivity index is 1.73. The standard InChI is InChI=1S/C21H21F4N3O2S2/c1-27(2)10-11-28(19(29)9-12-31-16-6-3-14(22)4-7-16)20-26-17-8-5-15(13-18(17)32-20)30-21(23,24)25/h3-8,13H,9-12H2,1-2H3. The molecule has 0 fully saturated rings. The Morgan fingerprint density at radius 1 is 1.12 bits per heavy atom. The Morgan fingerprint density at radius 3 is 2.50 bits per heavy atom. The van der Waals surface area contributed by atoms with Crippen LogP contribution in [0.15, 0.2) is 47.4 Å². The van der Waals surface area contributed by atoms with Crippen LogP contribution in [0, 0.1) is 5.82 Å². The molecule has 1 amide bonds. The maximum atomic E-state index is 13.0. The minimum absolute atomic E-state index is 0.146. The number of rotatable bonds is 9. The molecule has 0 saturated heterocycles. The van der Waals surface area contributed by atoms with Gasteiger partial charge in [-0.25, -0.2) is 9.37 Å². The molecule has 0 aliphatic carbocycles. The lowest BCUT2D eigenvalue weighted by Crippen LogP contribution is -2.36. The smallest absolute Gasteiger partial charge is 0.406 e. The molecular weight excluding hydrogens is 466 g/mol. The van der Waals surface area contributed by atoms with Gasteiger partial charge in [-0.15, -0.1) is 24.9 Å². The molecule has 3 rings (SSSR count). The van der Waals surface area contributed by atoms with Crippen LogP contribution in [0.5, 0.6) is 5.75 Å². The van der Waals surface area contributed by atoms with Gasteiger partial charge in [-0.1, -0.05) is 11.3 Å². The van der Waals surface area contributed by atoms with Crippen LogP contribution in [0.1, 0.15) is 6.42 Å². The summed E-state index contributed by atoms with van der Waals surface area (Å²) in [6, 6.07) is 9.95. The second-order valence-corrected chi connectivity index (χ2v) is 9.25. The highest BCUT2D eigenvalue weighted by molar-refractivity contribution is 7.99. The van der Waals surface area contributed by atoms with Crippen molar-refractivity contribution in [3.63, 3.8) is 0 Å². The lowest BCUT2D eigenvalue weighted by atomic mass is 10.3. The summed E-state index contributed by atoms with van der Waals surface area (Å²) in [4.78, 5) is 21.7. The van der Waals surface area contributed by atoms with Gasteiger partial charge in [0.15, 0.2) is 5.13 Å². The number of alkyl halides is 3. The summed E-state index contributed by atoms with van der Waals surface area (Å²) in [5, 5.41) is 0.419. The highest BCUT2D eigenvalue weighted by Gasteiger charge is 2.31. The van der Waals surface area contributed by atoms with Gasteiger partial charge in [-0.2, -0.15) is 0 Å². The molecule has 0 aliphatic heterocycles. The predicted molar refractivity (Wildman–Crippen MR) is 119 cm³/mol. The van der Waals surface area contributed by atoms with Crippen LogP contribution in [-0.4, -0.2) is 55.1 Å². The molecule has 0 atom stereocenters. The zero-order valence-corrected chi connectivity index (χ0v) is 19.0. The van der Waals surface area contributed by atoms with Crippen LogP contribution in [0.4, 0.5) is 22.7 Å². The number of thiazole rings is 1. The molecular formula is C21H21F4N3O2S2. The quantitative estimate of drug-likeness (QED) is 0.298. The summed E-state index contributed by atoms with van der Waals surface area (Å²) in [5.74, 6) is -0.300. The van der Waals surface area contributed by atoms with Crippen LogP contribution in [0.25, 0.3) is 10.2 Å². The zero-order valence-electron chi connectivity index (χ0n) is 17.4. The number of aromatic nitrogens is 1. The summed E-state index contributed by atoms with van der Waals surface area (Å²) in [7, 11) is 3.76. The molecule has 2 aromatic carbocycles.